The van der Waals surface area contributed by atoms with E-state index >= 15 is 0 Å². The molecule has 1 rings (SSSR count). The minimum absolute atomic E-state index is 0.292. The lowest BCUT2D eigenvalue weighted by molar-refractivity contribution is 0.261. The van der Waals surface area contributed by atoms with E-state index in [-0.39, 0.29) is 11.9 Å². The fourth-order valence-electron chi connectivity index (χ4n) is 1.48. The standard InChI is InChI=1S/C14H19FN2O/c1-10(17)12-8-11(15)4-5-13(12)18-7-6-14(2,3)9-16/h4-5,8,10H,6-7,17H2,1-3H3. The molecule has 0 radical (unpaired) electrons. The van der Waals surface area contributed by atoms with E-state index < -0.39 is 5.41 Å². The molecule has 2 N–H and O–H groups in total. The second kappa shape index (κ2) is 5.83. The first kappa shape index (κ1) is 14.5. The number of rotatable bonds is 5. The van der Waals surface area contributed by atoms with Crippen molar-refractivity contribution in [2.24, 2.45) is 11.1 Å². The van der Waals surface area contributed by atoms with Gasteiger partial charge in [-0.05, 0) is 45.4 Å². The summed E-state index contributed by atoms with van der Waals surface area (Å²) in [6.45, 7) is 5.90. The van der Waals surface area contributed by atoms with Crippen LogP contribution in [0.1, 0.15) is 38.8 Å². The highest BCUT2D eigenvalue weighted by atomic mass is 19.1. The third kappa shape index (κ3) is 4.01. The Bertz CT molecular complexity index is 450. The Morgan fingerprint density at radius 1 is 1.50 bits per heavy atom. The molecule has 1 atom stereocenters. The molecule has 0 fully saturated rings. The van der Waals surface area contributed by atoms with Crippen LogP contribution in [0.25, 0.3) is 0 Å². The summed E-state index contributed by atoms with van der Waals surface area (Å²) in [5, 5.41) is 8.90. The molecule has 0 aromatic heterocycles. The van der Waals surface area contributed by atoms with Gasteiger partial charge in [-0.1, -0.05) is 0 Å². The van der Waals surface area contributed by atoms with Crippen LogP contribution in [-0.2, 0) is 0 Å². The Kier molecular flexibility index (Phi) is 4.69. The molecule has 0 aliphatic heterocycles. The number of ether oxygens (including phenoxy) is 1. The molecule has 0 amide bonds. The van der Waals surface area contributed by atoms with Gasteiger partial charge >= 0.3 is 0 Å². The van der Waals surface area contributed by atoms with Crippen molar-refractivity contribution in [3.05, 3.63) is 29.6 Å². The second-order valence-electron chi connectivity index (χ2n) is 5.06. The lowest BCUT2D eigenvalue weighted by Crippen LogP contribution is -2.15. The lowest BCUT2D eigenvalue weighted by atomic mass is 9.92. The molecule has 0 aliphatic carbocycles. The first-order chi connectivity index (χ1) is 8.35. The summed E-state index contributed by atoms with van der Waals surface area (Å²) in [4.78, 5) is 0. The minimum atomic E-state index is -0.422. The summed E-state index contributed by atoms with van der Waals surface area (Å²) in [5.41, 5.74) is 5.99. The second-order valence-corrected chi connectivity index (χ2v) is 5.06. The molecule has 0 saturated carbocycles. The summed E-state index contributed by atoms with van der Waals surface area (Å²) < 4.78 is 18.7. The Morgan fingerprint density at radius 2 is 2.17 bits per heavy atom. The van der Waals surface area contributed by atoms with Crippen LogP contribution in [-0.4, -0.2) is 6.61 Å². The van der Waals surface area contributed by atoms with E-state index in [1.807, 2.05) is 13.8 Å². The molecule has 0 saturated heterocycles. The maximum Gasteiger partial charge on any atom is 0.124 e. The molecule has 1 aromatic rings. The molecule has 0 bridgehead atoms. The molecule has 18 heavy (non-hydrogen) atoms. The van der Waals surface area contributed by atoms with Crippen molar-refractivity contribution >= 4 is 0 Å². The van der Waals surface area contributed by atoms with Crippen LogP contribution in [0.5, 0.6) is 5.75 Å². The van der Waals surface area contributed by atoms with Gasteiger partial charge in [-0.2, -0.15) is 5.26 Å². The van der Waals surface area contributed by atoms with Gasteiger partial charge in [0.25, 0.3) is 0 Å². The summed E-state index contributed by atoms with van der Waals surface area (Å²) in [6.07, 6.45) is 0.610. The third-order valence-electron chi connectivity index (χ3n) is 2.75. The minimum Gasteiger partial charge on any atom is -0.493 e. The van der Waals surface area contributed by atoms with Crippen molar-refractivity contribution in [3.63, 3.8) is 0 Å². The van der Waals surface area contributed by atoms with E-state index in [0.29, 0.717) is 24.3 Å². The van der Waals surface area contributed by atoms with E-state index in [9.17, 15) is 4.39 Å². The van der Waals surface area contributed by atoms with E-state index in [0.717, 1.165) is 0 Å². The van der Waals surface area contributed by atoms with Crippen molar-refractivity contribution in [1.82, 2.24) is 0 Å². The maximum absolute atomic E-state index is 13.1. The van der Waals surface area contributed by atoms with Gasteiger partial charge in [-0.3, -0.25) is 0 Å². The van der Waals surface area contributed by atoms with Crippen LogP contribution in [0.3, 0.4) is 0 Å². The van der Waals surface area contributed by atoms with E-state index in [2.05, 4.69) is 6.07 Å². The number of nitrogens with two attached hydrogens (primary N) is 1. The molecule has 0 heterocycles. The van der Waals surface area contributed by atoms with Gasteiger partial charge in [0.1, 0.15) is 11.6 Å². The fraction of sp³-hybridized carbons (Fsp3) is 0.500. The van der Waals surface area contributed by atoms with Crippen molar-refractivity contribution in [2.75, 3.05) is 6.61 Å². The molecular formula is C14H19FN2O. The molecule has 3 nitrogen and oxygen atoms in total. The van der Waals surface area contributed by atoms with Crippen LogP contribution in [0.15, 0.2) is 18.2 Å². The number of benzene rings is 1. The maximum atomic E-state index is 13.1. The zero-order valence-corrected chi connectivity index (χ0v) is 11.0. The quantitative estimate of drug-likeness (QED) is 0.873. The first-order valence-corrected chi connectivity index (χ1v) is 5.95. The molecule has 0 aliphatic rings. The lowest BCUT2D eigenvalue weighted by Gasteiger charge is -2.18. The highest BCUT2D eigenvalue weighted by Gasteiger charge is 2.17. The Hall–Kier alpha value is -1.60. The molecule has 1 unspecified atom stereocenters. The highest BCUT2D eigenvalue weighted by Crippen LogP contribution is 2.26. The van der Waals surface area contributed by atoms with Crippen molar-refractivity contribution < 1.29 is 9.13 Å². The smallest absolute Gasteiger partial charge is 0.124 e. The van der Waals surface area contributed by atoms with Gasteiger partial charge in [-0.25, -0.2) is 4.39 Å². The monoisotopic (exact) mass is 250 g/mol. The van der Waals surface area contributed by atoms with Crippen molar-refractivity contribution in [1.29, 1.82) is 5.26 Å². The molecule has 4 heteroatoms. The van der Waals surface area contributed by atoms with Gasteiger partial charge < -0.3 is 10.5 Å². The zero-order valence-electron chi connectivity index (χ0n) is 11.0. The largest absolute Gasteiger partial charge is 0.493 e. The van der Waals surface area contributed by atoms with E-state index in [1.165, 1.54) is 12.1 Å². The van der Waals surface area contributed by atoms with Crippen LogP contribution < -0.4 is 10.5 Å². The van der Waals surface area contributed by atoms with Crippen LogP contribution in [0.4, 0.5) is 4.39 Å². The van der Waals surface area contributed by atoms with Gasteiger partial charge in [0, 0.05) is 11.6 Å². The van der Waals surface area contributed by atoms with Crippen molar-refractivity contribution in [2.45, 2.75) is 33.2 Å². The van der Waals surface area contributed by atoms with Gasteiger partial charge in [0.2, 0.25) is 0 Å². The highest BCUT2D eigenvalue weighted by molar-refractivity contribution is 5.36. The number of nitrogens with zero attached hydrogens (tertiary/aromatic N) is 1. The van der Waals surface area contributed by atoms with Crippen molar-refractivity contribution in [3.8, 4) is 11.8 Å². The van der Waals surface area contributed by atoms with Crippen LogP contribution in [0, 0.1) is 22.6 Å². The Morgan fingerprint density at radius 3 is 2.72 bits per heavy atom. The average Bonchev–Trinajstić information content (AvgIpc) is 2.30. The first-order valence-electron chi connectivity index (χ1n) is 5.95. The summed E-state index contributed by atoms with van der Waals surface area (Å²) in [6, 6.07) is 6.22. The molecule has 1 aromatic carbocycles. The van der Waals surface area contributed by atoms with Gasteiger partial charge in [0.15, 0.2) is 0 Å². The zero-order chi connectivity index (χ0) is 13.8. The van der Waals surface area contributed by atoms with Gasteiger partial charge in [-0.15, -0.1) is 0 Å². The fourth-order valence-corrected chi connectivity index (χ4v) is 1.48. The summed E-state index contributed by atoms with van der Waals surface area (Å²) >= 11 is 0. The van der Waals surface area contributed by atoms with Crippen LogP contribution in [0.2, 0.25) is 0 Å². The Balaban J connectivity index is 2.71. The Labute approximate surface area is 107 Å². The normalized spacial score (nSPS) is 12.9. The predicted octanol–water partition coefficient (Wildman–Crippen LogP) is 3.16. The SMILES string of the molecule is CC(N)c1cc(F)ccc1OCCC(C)(C)C#N. The number of hydrogen-bond acceptors (Lipinski definition) is 3. The number of nitriles is 1. The topological polar surface area (TPSA) is 59.0 Å². The van der Waals surface area contributed by atoms with Gasteiger partial charge in [0.05, 0.1) is 18.1 Å². The molecular weight excluding hydrogens is 231 g/mol. The molecule has 0 spiro atoms. The van der Waals surface area contributed by atoms with E-state index in [1.54, 1.807) is 13.0 Å². The number of hydrogen-bond donors (Lipinski definition) is 1. The number of halogens is 1. The summed E-state index contributed by atoms with van der Waals surface area (Å²) in [7, 11) is 0. The average molecular weight is 250 g/mol. The third-order valence-corrected chi connectivity index (χ3v) is 2.75. The van der Waals surface area contributed by atoms with Crippen LogP contribution >= 0.6 is 0 Å². The summed E-state index contributed by atoms with van der Waals surface area (Å²) in [5.74, 6) is 0.257. The molecule has 98 valence electrons. The van der Waals surface area contributed by atoms with E-state index in [4.69, 9.17) is 15.7 Å². The predicted molar refractivity (Wildman–Crippen MR) is 68.5 cm³/mol.